The number of nitrogens with one attached hydrogen (secondary N) is 1. The van der Waals surface area contributed by atoms with E-state index in [1.54, 1.807) is 11.3 Å². The van der Waals surface area contributed by atoms with Crippen LogP contribution in [0.4, 0.5) is 5.13 Å². The van der Waals surface area contributed by atoms with Crippen molar-refractivity contribution in [3.05, 3.63) is 11.1 Å². The van der Waals surface area contributed by atoms with E-state index >= 15 is 0 Å². The van der Waals surface area contributed by atoms with E-state index in [4.69, 9.17) is 0 Å². The molecule has 3 heterocycles. The highest BCUT2D eigenvalue weighted by Crippen LogP contribution is 2.23. The van der Waals surface area contributed by atoms with Crippen LogP contribution < -0.4 is 5.32 Å². The maximum atomic E-state index is 12.6. The largest absolute Gasteiger partial charge is 0.359 e. The van der Waals surface area contributed by atoms with Gasteiger partial charge in [-0.05, 0) is 37.5 Å². The highest BCUT2D eigenvalue weighted by Gasteiger charge is 2.28. The van der Waals surface area contributed by atoms with E-state index in [2.05, 4.69) is 46.3 Å². The van der Waals surface area contributed by atoms with E-state index < -0.39 is 0 Å². The zero-order valence-electron chi connectivity index (χ0n) is 15.8. The number of likely N-dealkylation sites (tertiary alicyclic amines) is 2. The van der Waals surface area contributed by atoms with E-state index in [9.17, 15) is 4.79 Å². The lowest BCUT2D eigenvalue weighted by Gasteiger charge is -2.37. The van der Waals surface area contributed by atoms with Crippen LogP contribution >= 0.6 is 11.3 Å². The molecule has 1 aromatic heterocycles. The van der Waals surface area contributed by atoms with Crippen LogP contribution in [-0.2, 0) is 11.2 Å². The molecule has 0 bridgehead atoms. The Morgan fingerprint density at radius 1 is 1.28 bits per heavy atom. The summed E-state index contributed by atoms with van der Waals surface area (Å²) in [5, 5.41) is 6.75. The number of thiazole rings is 1. The van der Waals surface area contributed by atoms with Gasteiger partial charge in [0.05, 0.1) is 12.2 Å². The van der Waals surface area contributed by atoms with Crippen LogP contribution in [0, 0.1) is 11.8 Å². The minimum Gasteiger partial charge on any atom is -0.359 e. The lowest BCUT2D eigenvalue weighted by molar-refractivity contribution is -0.135. The summed E-state index contributed by atoms with van der Waals surface area (Å²) in [6.07, 6.45) is 4.41. The van der Waals surface area contributed by atoms with Crippen molar-refractivity contribution in [3.8, 4) is 0 Å². The number of hydrogen-bond acceptors (Lipinski definition) is 5. The molecular weight excluding hydrogens is 332 g/mol. The van der Waals surface area contributed by atoms with Crippen molar-refractivity contribution >= 4 is 22.4 Å². The molecular formula is C19H32N4OS. The van der Waals surface area contributed by atoms with Gasteiger partial charge in [0.15, 0.2) is 5.13 Å². The number of hydrogen-bond donors (Lipinski definition) is 1. The first-order valence-electron chi connectivity index (χ1n) is 9.74. The number of amides is 1. The molecule has 1 N–H and O–H groups in total. The van der Waals surface area contributed by atoms with Gasteiger partial charge in [-0.15, -0.1) is 11.3 Å². The summed E-state index contributed by atoms with van der Waals surface area (Å²) in [7, 11) is 0. The molecule has 0 aliphatic carbocycles. The number of rotatable bonds is 5. The van der Waals surface area contributed by atoms with Gasteiger partial charge in [-0.25, -0.2) is 4.98 Å². The highest BCUT2D eigenvalue weighted by atomic mass is 32.1. The third-order valence-corrected chi connectivity index (χ3v) is 6.23. The van der Waals surface area contributed by atoms with E-state index in [1.165, 1.54) is 12.1 Å². The Balaban J connectivity index is 1.42. The molecule has 1 aromatic rings. The summed E-state index contributed by atoms with van der Waals surface area (Å²) >= 11 is 1.70. The number of piperidine rings is 2. The summed E-state index contributed by atoms with van der Waals surface area (Å²) in [6, 6.07) is 0.484. The first kappa shape index (κ1) is 18.6. The first-order chi connectivity index (χ1) is 12.0. The minimum atomic E-state index is 0.317. The molecule has 3 rings (SSSR count). The first-order valence-corrected chi connectivity index (χ1v) is 10.6. The van der Waals surface area contributed by atoms with Gasteiger partial charge in [0.2, 0.25) is 5.91 Å². The van der Waals surface area contributed by atoms with E-state index in [1.807, 2.05) is 0 Å². The fraction of sp³-hybridized carbons (Fsp3) is 0.789. The van der Waals surface area contributed by atoms with Crippen molar-refractivity contribution < 1.29 is 4.79 Å². The number of aryl methyl sites for hydroxylation is 1. The van der Waals surface area contributed by atoms with E-state index in [-0.39, 0.29) is 0 Å². The van der Waals surface area contributed by atoms with Gasteiger partial charge in [-0.2, -0.15) is 0 Å². The summed E-state index contributed by atoms with van der Waals surface area (Å²) in [5.74, 6) is 1.58. The van der Waals surface area contributed by atoms with Crippen molar-refractivity contribution in [2.24, 2.45) is 11.8 Å². The van der Waals surface area contributed by atoms with Crippen molar-refractivity contribution in [1.82, 2.24) is 14.8 Å². The Morgan fingerprint density at radius 2 is 1.96 bits per heavy atom. The second-order valence-corrected chi connectivity index (χ2v) is 8.80. The summed E-state index contributed by atoms with van der Waals surface area (Å²) in [6.45, 7) is 11.1. The van der Waals surface area contributed by atoms with Gasteiger partial charge in [-0.3, -0.25) is 9.69 Å². The topological polar surface area (TPSA) is 48.5 Å². The quantitative estimate of drug-likeness (QED) is 0.872. The Labute approximate surface area is 155 Å². The van der Waals surface area contributed by atoms with Gasteiger partial charge in [0.1, 0.15) is 0 Å². The third-order valence-electron chi connectivity index (χ3n) is 5.41. The van der Waals surface area contributed by atoms with E-state index in [0.29, 0.717) is 30.3 Å². The molecule has 0 unspecified atom stereocenters. The molecule has 140 valence electrons. The molecule has 0 aromatic carbocycles. The Hall–Kier alpha value is -1.14. The van der Waals surface area contributed by atoms with Crippen LogP contribution in [0.15, 0.2) is 5.38 Å². The van der Waals surface area contributed by atoms with Crippen LogP contribution in [0.5, 0.6) is 0 Å². The van der Waals surface area contributed by atoms with E-state index in [0.717, 1.165) is 50.6 Å². The number of carbonyl (C=O) groups excluding carboxylic acids is 1. The summed E-state index contributed by atoms with van der Waals surface area (Å²) < 4.78 is 0. The van der Waals surface area contributed by atoms with Gasteiger partial charge in [0, 0.05) is 37.6 Å². The molecule has 25 heavy (non-hydrogen) atoms. The predicted octanol–water partition coefficient (Wildman–Crippen LogP) is 3.09. The molecule has 6 heteroatoms. The highest BCUT2D eigenvalue weighted by molar-refractivity contribution is 7.13. The standard InChI is InChI=1S/C19H32N4OS/c1-4-16-13-25-19(20-16)21-17-5-7-22(8-6-17)12-18(24)23-10-14(2)9-15(3)11-23/h13-15,17H,4-12H2,1-3H3,(H,20,21)/t14-,15-/m0/s1. The maximum absolute atomic E-state index is 12.6. The van der Waals surface area contributed by atoms with Crippen molar-refractivity contribution in [2.75, 3.05) is 38.0 Å². The second kappa shape index (κ2) is 8.49. The van der Waals surface area contributed by atoms with Crippen molar-refractivity contribution in [1.29, 1.82) is 0 Å². The SMILES string of the molecule is CCc1csc(NC2CCN(CC(=O)N3C[C@@H](C)C[C@H](C)C3)CC2)n1. The molecule has 0 saturated carbocycles. The summed E-state index contributed by atoms with van der Waals surface area (Å²) in [5.41, 5.74) is 1.17. The van der Waals surface area contributed by atoms with Crippen LogP contribution in [0.25, 0.3) is 0 Å². The fourth-order valence-corrected chi connectivity index (χ4v) is 4.98. The van der Waals surface area contributed by atoms with Crippen LogP contribution in [0.2, 0.25) is 0 Å². The number of anilines is 1. The molecule has 1 amide bonds. The molecule has 0 radical (unpaired) electrons. The molecule has 0 spiro atoms. The lowest BCUT2D eigenvalue weighted by Crippen LogP contribution is -2.49. The number of aromatic nitrogens is 1. The van der Waals surface area contributed by atoms with Crippen molar-refractivity contribution in [2.45, 2.75) is 52.5 Å². The monoisotopic (exact) mass is 364 g/mol. The fourth-order valence-electron chi connectivity index (χ4n) is 4.10. The van der Waals surface area contributed by atoms with Crippen LogP contribution in [-0.4, -0.2) is 59.5 Å². The molecule has 2 atom stereocenters. The number of nitrogens with zero attached hydrogens (tertiary/aromatic N) is 3. The zero-order valence-corrected chi connectivity index (χ0v) is 16.6. The normalized spacial score (nSPS) is 26.0. The second-order valence-electron chi connectivity index (χ2n) is 7.94. The van der Waals surface area contributed by atoms with Gasteiger partial charge < -0.3 is 10.2 Å². The predicted molar refractivity (Wildman–Crippen MR) is 104 cm³/mol. The molecule has 2 aliphatic heterocycles. The van der Waals surface area contributed by atoms with Gasteiger partial charge in [0.25, 0.3) is 0 Å². The molecule has 2 fully saturated rings. The average molecular weight is 365 g/mol. The Morgan fingerprint density at radius 3 is 2.56 bits per heavy atom. The van der Waals surface area contributed by atoms with Crippen LogP contribution in [0.1, 0.15) is 45.7 Å². The smallest absolute Gasteiger partial charge is 0.236 e. The molecule has 2 aliphatic rings. The molecule has 5 nitrogen and oxygen atoms in total. The zero-order chi connectivity index (χ0) is 17.8. The Kier molecular flexibility index (Phi) is 6.34. The van der Waals surface area contributed by atoms with Crippen molar-refractivity contribution in [3.63, 3.8) is 0 Å². The van der Waals surface area contributed by atoms with Crippen LogP contribution in [0.3, 0.4) is 0 Å². The Bertz CT molecular complexity index is 558. The maximum Gasteiger partial charge on any atom is 0.236 e. The minimum absolute atomic E-state index is 0.317. The lowest BCUT2D eigenvalue weighted by atomic mass is 9.92. The summed E-state index contributed by atoms with van der Waals surface area (Å²) in [4.78, 5) is 21.6. The number of carbonyl (C=O) groups is 1. The van der Waals surface area contributed by atoms with Gasteiger partial charge in [-0.1, -0.05) is 20.8 Å². The average Bonchev–Trinajstić information content (AvgIpc) is 3.03. The molecule has 2 saturated heterocycles. The van der Waals surface area contributed by atoms with Gasteiger partial charge >= 0.3 is 0 Å². The third kappa shape index (κ3) is 5.17.